The zero-order chi connectivity index (χ0) is 14.5. The van der Waals surface area contributed by atoms with Crippen molar-refractivity contribution >= 4 is 5.69 Å². The van der Waals surface area contributed by atoms with Gasteiger partial charge < -0.3 is 20.9 Å². The molecule has 1 fully saturated rings. The van der Waals surface area contributed by atoms with Crippen molar-refractivity contribution < 1.29 is 9.84 Å². The van der Waals surface area contributed by atoms with E-state index in [-0.39, 0.29) is 0 Å². The van der Waals surface area contributed by atoms with E-state index >= 15 is 0 Å². The molecule has 19 heavy (non-hydrogen) atoms. The van der Waals surface area contributed by atoms with Crippen LogP contribution >= 0.6 is 0 Å². The summed E-state index contributed by atoms with van der Waals surface area (Å²) in [6, 6.07) is 3.74. The molecule has 0 amide bonds. The molecule has 2 rings (SSSR count). The molecule has 0 aliphatic carbocycles. The second kappa shape index (κ2) is 6.78. The first-order chi connectivity index (χ1) is 9.07. The minimum Gasteiger partial charge on any atom is -0.495 e. The molecule has 0 aromatic heterocycles. The lowest BCUT2D eigenvalue weighted by molar-refractivity contribution is 0.00523. The summed E-state index contributed by atoms with van der Waals surface area (Å²) in [5.41, 5.74) is 7.67. The summed E-state index contributed by atoms with van der Waals surface area (Å²) in [4.78, 5) is 0. The van der Waals surface area contributed by atoms with Gasteiger partial charge in [0.25, 0.3) is 0 Å². The van der Waals surface area contributed by atoms with Gasteiger partial charge in [-0.25, -0.2) is 0 Å². The molecule has 0 radical (unpaired) electrons. The van der Waals surface area contributed by atoms with E-state index in [1.807, 2.05) is 32.9 Å². The quantitative estimate of drug-likeness (QED) is 0.718. The molecule has 0 spiro atoms. The highest BCUT2D eigenvalue weighted by atomic mass is 16.5. The van der Waals surface area contributed by atoms with Crippen molar-refractivity contribution in [1.82, 2.24) is 5.32 Å². The maximum Gasteiger partial charge on any atom is 0.142 e. The fourth-order valence-electron chi connectivity index (χ4n) is 2.50. The smallest absolute Gasteiger partial charge is 0.142 e. The second-order valence-corrected chi connectivity index (χ2v) is 4.69. The largest absolute Gasteiger partial charge is 0.495 e. The number of hydrogen-bond donors (Lipinski definition) is 3. The van der Waals surface area contributed by atoms with Gasteiger partial charge in [-0.05, 0) is 56.1 Å². The van der Waals surface area contributed by atoms with Crippen molar-refractivity contribution in [2.24, 2.45) is 0 Å². The van der Waals surface area contributed by atoms with Crippen LogP contribution in [0.4, 0.5) is 5.69 Å². The molecular weight excluding hydrogens is 240 g/mol. The molecule has 4 heteroatoms. The number of anilines is 1. The number of nitrogen functional groups attached to an aromatic ring is 1. The Labute approximate surface area is 116 Å². The summed E-state index contributed by atoms with van der Waals surface area (Å²) in [6.45, 7) is 7.65. The Morgan fingerprint density at radius 3 is 2.37 bits per heavy atom. The Bertz CT molecular complexity index is 413. The predicted molar refractivity (Wildman–Crippen MR) is 79.5 cm³/mol. The molecule has 1 aliphatic rings. The maximum absolute atomic E-state index is 10.7. The standard InChI is InChI=1S/C13H20N2O2.C2H6/c1-9-7-11(14)12(17-2)8-10(9)13(16)3-5-15-6-4-13;1-2/h7-8,15-16H,3-6,14H2,1-2H3;1-2H3. The number of piperidine rings is 1. The minimum absolute atomic E-state index is 0.617. The van der Waals surface area contributed by atoms with Gasteiger partial charge in [0, 0.05) is 0 Å². The molecule has 108 valence electrons. The molecular formula is C15H26N2O2. The van der Waals surface area contributed by atoms with E-state index < -0.39 is 5.60 Å². The predicted octanol–water partition coefficient (Wildman–Crippen LogP) is 2.18. The highest BCUT2D eigenvalue weighted by Crippen LogP contribution is 2.37. The Morgan fingerprint density at radius 2 is 1.84 bits per heavy atom. The lowest BCUT2D eigenvalue weighted by atomic mass is 9.82. The first kappa shape index (κ1) is 15.8. The maximum atomic E-state index is 10.7. The number of hydrogen-bond acceptors (Lipinski definition) is 4. The normalized spacial score (nSPS) is 17.3. The van der Waals surface area contributed by atoms with Crippen LogP contribution in [-0.4, -0.2) is 25.3 Å². The van der Waals surface area contributed by atoms with Crippen LogP contribution in [0, 0.1) is 6.92 Å². The molecule has 1 aromatic rings. The summed E-state index contributed by atoms with van der Waals surface area (Å²) in [7, 11) is 1.59. The SMILES string of the molecule is CC.COc1cc(C2(O)CCNCC2)c(C)cc1N. The van der Waals surface area contributed by atoms with Gasteiger partial charge in [-0.1, -0.05) is 13.8 Å². The zero-order valence-corrected chi connectivity index (χ0v) is 12.4. The van der Waals surface area contributed by atoms with Crippen LogP contribution in [0.1, 0.15) is 37.8 Å². The van der Waals surface area contributed by atoms with Crippen molar-refractivity contribution in [1.29, 1.82) is 0 Å². The van der Waals surface area contributed by atoms with Crippen molar-refractivity contribution in [3.8, 4) is 5.75 Å². The van der Waals surface area contributed by atoms with E-state index in [0.717, 1.165) is 37.1 Å². The molecule has 4 nitrogen and oxygen atoms in total. The molecule has 0 unspecified atom stereocenters. The van der Waals surface area contributed by atoms with Gasteiger partial charge in [-0.2, -0.15) is 0 Å². The summed E-state index contributed by atoms with van der Waals surface area (Å²) >= 11 is 0. The van der Waals surface area contributed by atoms with Gasteiger partial charge in [0.05, 0.1) is 18.4 Å². The molecule has 0 bridgehead atoms. The molecule has 1 aromatic carbocycles. The van der Waals surface area contributed by atoms with Crippen LogP contribution in [0.25, 0.3) is 0 Å². The Morgan fingerprint density at radius 1 is 1.26 bits per heavy atom. The third-order valence-electron chi connectivity index (χ3n) is 3.51. The number of aryl methyl sites for hydroxylation is 1. The molecule has 1 heterocycles. The number of methoxy groups -OCH3 is 1. The van der Waals surface area contributed by atoms with Crippen LogP contribution in [0.2, 0.25) is 0 Å². The van der Waals surface area contributed by atoms with E-state index in [9.17, 15) is 5.11 Å². The van der Waals surface area contributed by atoms with Gasteiger partial charge in [-0.3, -0.25) is 0 Å². The van der Waals surface area contributed by atoms with Crippen molar-refractivity contribution in [2.75, 3.05) is 25.9 Å². The van der Waals surface area contributed by atoms with E-state index in [0.29, 0.717) is 11.4 Å². The average molecular weight is 266 g/mol. The molecule has 1 saturated heterocycles. The molecule has 4 N–H and O–H groups in total. The third kappa shape index (κ3) is 3.39. The number of nitrogens with two attached hydrogens (primary N) is 1. The Balaban J connectivity index is 0.000000861. The molecule has 0 atom stereocenters. The highest BCUT2D eigenvalue weighted by Gasteiger charge is 2.33. The van der Waals surface area contributed by atoms with Crippen LogP contribution in [0.5, 0.6) is 5.75 Å². The van der Waals surface area contributed by atoms with E-state index in [2.05, 4.69) is 5.32 Å². The summed E-state index contributed by atoms with van der Waals surface area (Å²) in [6.07, 6.45) is 1.45. The Kier molecular flexibility index (Phi) is 5.63. The third-order valence-corrected chi connectivity index (χ3v) is 3.51. The van der Waals surface area contributed by atoms with Gasteiger partial charge in [-0.15, -0.1) is 0 Å². The first-order valence-corrected chi connectivity index (χ1v) is 6.94. The van der Waals surface area contributed by atoms with E-state index in [1.165, 1.54) is 0 Å². The van der Waals surface area contributed by atoms with Gasteiger partial charge in [0.2, 0.25) is 0 Å². The van der Waals surface area contributed by atoms with Gasteiger partial charge in [0.1, 0.15) is 5.75 Å². The minimum atomic E-state index is -0.754. The van der Waals surface area contributed by atoms with E-state index in [1.54, 1.807) is 7.11 Å². The van der Waals surface area contributed by atoms with Crippen molar-refractivity contribution in [3.05, 3.63) is 23.3 Å². The van der Waals surface area contributed by atoms with E-state index in [4.69, 9.17) is 10.5 Å². The summed E-state index contributed by atoms with van der Waals surface area (Å²) in [5, 5.41) is 14.0. The fourth-order valence-corrected chi connectivity index (χ4v) is 2.50. The second-order valence-electron chi connectivity index (χ2n) is 4.69. The highest BCUT2D eigenvalue weighted by molar-refractivity contribution is 5.57. The monoisotopic (exact) mass is 266 g/mol. The van der Waals surface area contributed by atoms with Crippen LogP contribution < -0.4 is 15.8 Å². The first-order valence-electron chi connectivity index (χ1n) is 6.94. The summed E-state index contributed by atoms with van der Waals surface area (Å²) < 4.78 is 5.22. The number of aliphatic hydroxyl groups is 1. The van der Waals surface area contributed by atoms with Crippen molar-refractivity contribution in [3.63, 3.8) is 0 Å². The topological polar surface area (TPSA) is 67.5 Å². The Hall–Kier alpha value is -1.26. The number of nitrogens with one attached hydrogen (secondary N) is 1. The molecule has 1 aliphatic heterocycles. The fraction of sp³-hybridized carbons (Fsp3) is 0.600. The summed E-state index contributed by atoms with van der Waals surface area (Å²) in [5.74, 6) is 0.637. The van der Waals surface area contributed by atoms with Crippen molar-refractivity contribution in [2.45, 2.75) is 39.2 Å². The average Bonchev–Trinajstić information content (AvgIpc) is 2.42. The number of ether oxygens (including phenoxy) is 1. The zero-order valence-electron chi connectivity index (χ0n) is 12.4. The molecule has 0 saturated carbocycles. The van der Waals surface area contributed by atoms with Gasteiger partial charge in [0.15, 0.2) is 0 Å². The number of benzene rings is 1. The lowest BCUT2D eigenvalue weighted by Crippen LogP contribution is -2.40. The number of rotatable bonds is 2. The lowest BCUT2D eigenvalue weighted by Gasteiger charge is -2.34. The van der Waals surface area contributed by atoms with Crippen LogP contribution in [-0.2, 0) is 5.60 Å². The van der Waals surface area contributed by atoms with Crippen LogP contribution in [0.15, 0.2) is 12.1 Å². The van der Waals surface area contributed by atoms with Gasteiger partial charge >= 0.3 is 0 Å². The van der Waals surface area contributed by atoms with Crippen LogP contribution in [0.3, 0.4) is 0 Å².